The number of aryl methyl sites for hydroxylation is 1. The number of nitrogens with zero attached hydrogens (tertiary/aromatic N) is 2. The third-order valence-corrected chi connectivity index (χ3v) is 2.69. The Labute approximate surface area is 110 Å². The lowest BCUT2D eigenvalue weighted by Crippen LogP contribution is -2.27. The molecule has 98 valence electrons. The zero-order valence-electron chi connectivity index (χ0n) is 10.7. The molecule has 0 aliphatic heterocycles. The summed E-state index contributed by atoms with van der Waals surface area (Å²) in [6.07, 6.45) is 4.08. The number of hydrogen-bond acceptors (Lipinski definition) is 3. The topological polar surface area (TPSA) is 54.9 Å². The number of aromatic nitrogens is 2. The van der Waals surface area contributed by atoms with Crippen molar-refractivity contribution in [2.75, 3.05) is 0 Å². The molecule has 19 heavy (non-hydrogen) atoms. The van der Waals surface area contributed by atoms with Crippen LogP contribution in [0.3, 0.4) is 0 Å². The second kappa shape index (κ2) is 5.56. The first-order valence-corrected chi connectivity index (χ1v) is 5.90. The van der Waals surface area contributed by atoms with Gasteiger partial charge in [-0.05, 0) is 37.6 Å². The van der Waals surface area contributed by atoms with Gasteiger partial charge in [-0.1, -0.05) is 0 Å². The summed E-state index contributed by atoms with van der Waals surface area (Å²) in [5.41, 5.74) is 2.02. The van der Waals surface area contributed by atoms with Crippen molar-refractivity contribution in [2.24, 2.45) is 0 Å². The molecule has 4 nitrogen and oxygen atoms in total. The summed E-state index contributed by atoms with van der Waals surface area (Å²) in [6, 6.07) is 4.68. The van der Waals surface area contributed by atoms with E-state index >= 15 is 0 Å². The lowest BCUT2D eigenvalue weighted by Gasteiger charge is -2.13. The molecule has 0 aliphatic rings. The van der Waals surface area contributed by atoms with Crippen LogP contribution in [0.4, 0.5) is 4.39 Å². The maximum atomic E-state index is 13.0. The third-order valence-electron chi connectivity index (χ3n) is 2.69. The van der Waals surface area contributed by atoms with Crippen LogP contribution in [0, 0.1) is 12.7 Å². The van der Waals surface area contributed by atoms with E-state index in [0.29, 0.717) is 0 Å². The molecule has 0 aromatic carbocycles. The summed E-state index contributed by atoms with van der Waals surface area (Å²) in [7, 11) is 0. The van der Waals surface area contributed by atoms with Crippen molar-refractivity contribution in [2.45, 2.75) is 19.9 Å². The third kappa shape index (κ3) is 3.34. The molecular formula is C14H14FN3O. The highest BCUT2D eigenvalue weighted by atomic mass is 19.1. The fourth-order valence-corrected chi connectivity index (χ4v) is 1.69. The summed E-state index contributed by atoms with van der Waals surface area (Å²) in [6.45, 7) is 3.78. The zero-order valence-corrected chi connectivity index (χ0v) is 10.7. The number of carbonyl (C=O) groups excluding carboxylic acids is 1. The van der Waals surface area contributed by atoms with Gasteiger partial charge in [0.2, 0.25) is 0 Å². The number of nitrogens with one attached hydrogen (secondary N) is 1. The first-order chi connectivity index (χ1) is 9.06. The fourth-order valence-electron chi connectivity index (χ4n) is 1.69. The van der Waals surface area contributed by atoms with E-state index in [2.05, 4.69) is 15.3 Å². The highest BCUT2D eigenvalue weighted by Crippen LogP contribution is 2.11. The largest absolute Gasteiger partial charge is 0.344 e. The quantitative estimate of drug-likeness (QED) is 0.921. The van der Waals surface area contributed by atoms with Crippen LogP contribution in [0.25, 0.3) is 0 Å². The molecule has 2 aromatic rings. The summed E-state index contributed by atoms with van der Waals surface area (Å²) < 4.78 is 13.0. The van der Waals surface area contributed by atoms with Crippen molar-refractivity contribution in [1.29, 1.82) is 0 Å². The molecule has 1 N–H and O–H groups in total. The number of halogens is 1. The Morgan fingerprint density at radius 3 is 2.84 bits per heavy atom. The lowest BCUT2D eigenvalue weighted by atomic mass is 10.1. The summed E-state index contributed by atoms with van der Waals surface area (Å²) in [4.78, 5) is 19.8. The highest BCUT2D eigenvalue weighted by Gasteiger charge is 2.13. The van der Waals surface area contributed by atoms with Crippen LogP contribution < -0.4 is 5.32 Å². The SMILES string of the molecule is Cc1ccnc(C(C)NC(=O)c2cncc(F)c2)c1. The van der Waals surface area contributed by atoms with Crippen LogP contribution in [0.15, 0.2) is 36.8 Å². The molecule has 1 amide bonds. The van der Waals surface area contributed by atoms with Crippen LogP contribution in [0.2, 0.25) is 0 Å². The van der Waals surface area contributed by atoms with Crippen molar-refractivity contribution in [3.8, 4) is 0 Å². The maximum Gasteiger partial charge on any atom is 0.253 e. The minimum atomic E-state index is -0.533. The Hall–Kier alpha value is -2.30. The van der Waals surface area contributed by atoms with E-state index in [4.69, 9.17) is 0 Å². The normalized spacial score (nSPS) is 11.9. The lowest BCUT2D eigenvalue weighted by molar-refractivity contribution is 0.0938. The smallest absolute Gasteiger partial charge is 0.253 e. The molecule has 0 spiro atoms. The summed E-state index contributed by atoms with van der Waals surface area (Å²) >= 11 is 0. The van der Waals surface area contributed by atoms with E-state index in [9.17, 15) is 9.18 Å². The molecule has 5 heteroatoms. The van der Waals surface area contributed by atoms with E-state index < -0.39 is 5.82 Å². The van der Waals surface area contributed by atoms with Crippen molar-refractivity contribution in [1.82, 2.24) is 15.3 Å². The molecule has 0 saturated heterocycles. The molecule has 1 atom stereocenters. The van der Waals surface area contributed by atoms with Gasteiger partial charge in [-0.25, -0.2) is 4.39 Å². The predicted octanol–water partition coefficient (Wildman–Crippen LogP) is 2.42. The molecule has 2 rings (SSSR count). The number of hydrogen-bond donors (Lipinski definition) is 1. The minimum Gasteiger partial charge on any atom is -0.344 e. The van der Waals surface area contributed by atoms with E-state index in [1.807, 2.05) is 26.0 Å². The maximum absolute atomic E-state index is 13.0. The average Bonchev–Trinajstić information content (AvgIpc) is 2.38. The van der Waals surface area contributed by atoms with Crippen LogP contribution in [0.1, 0.15) is 34.6 Å². The van der Waals surface area contributed by atoms with Crippen molar-refractivity contribution >= 4 is 5.91 Å². The van der Waals surface area contributed by atoms with Crippen LogP contribution >= 0.6 is 0 Å². The molecule has 0 radical (unpaired) electrons. The Balaban J connectivity index is 2.11. The first-order valence-electron chi connectivity index (χ1n) is 5.90. The number of carbonyl (C=O) groups is 1. The molecular weight excluding hydrogens is 245 g/mol. The average molecular weight is 259 g/mol. The molecule has 1 unspecified atom stereocenters. The molecule has 0 saturated carbocycles. The number of amides is 1. The van der Waals surface area contributed by atoms with Gasteiger partial charge in [0.05, 0.1) is 23.5 Å². The molecule has 2 aromatic heterocycles. The van der Waals surface area contributed by atoms with Crippen molar-refractivity contribution in [3.05, 3.63) is 59.4 Å². The Morgan fingerprint density at radius 1 is 1.37 bits per heavy atom. The first kappa shape index (κ1) is 13.1. The van der Waals surface area contributed by atoms with Crippen LogP contribution in [-0.2, 0) is 0 Å². The molecule has 0 aliphatic carbocycles. The van der Waals surface area contributed by atoms with Gasteiger partial charge in [-0.3, -0.25) is 14.8 Å². The predicted molar refractivity (Wildman–Crippen MR) is 69.1 cm³/mol. The Bertz CT molecular complexity index is 601. The van der Waals surface area contributed by atoms with Crippen molar-refractivity contribution < 1.29 is 9.18 Å². The minimum absolute atomic E-state index is 0.194. The van der Waals surface area contributed by atoms with Crippen LogP contribution in [0.5, 0.6) is 0 Å². The van der Waals surface area contributed by atoms with Gasteiger partial charge in [-0.15, -0.1) is 0 Å². The second-order valence-electron chi connectivity index (χ2n) is 4.35. The summed E-state index contributed by atoms with van der Waals surface area (Å²) in [5, 5.41) is 2.76. The van der Waals surface area contributed by atoms with E-state index in [1.54, 1.807) is 6.20 Å². The highest BCUT2D eigenvalue weighted by molar-refractivity contribution is 5.94. The Kier molecular flexibility index (Phi) is 3.85. The molecule has 2 heterocycles. The second-order valence-corrected chi connectivity index (χ2v) is 4.35. The standard InChI is InChI=1S/C14H14FN3O/c1-9-3-4-17-13(5-9)10(2)18-14(19)11-6-12(15)8-16-7-11/h3-8,10H,1-2H3,(H,18,19). The summed E-state index contributed by atoms with van der Waals surface area (Å²) in [5.74, 6) is -0.906. The van der Waals surface area contributed by atoms with Crippen molar-refractivity contribution in [3.63, 3.8) is 0 Å². The van der Waals surface area contributed by atoms with Gasteiger partial charge in [0.15, 0.2) is 0 Å². The number of pyridine rings is 2. The Morgan fingerprint density at radius 2 is 2.16 bits per heavy atom. The fraction of sp³-hybridized carbons (Fsp3) is 0.214. The van der Waals surface area contributed by atoms with Gasteiger partial charge in [0.1, 0.15) is 5.82 Å². The van der Waals surface area contributed by atoms with Gasteiger partial charge in [0.25, 0.3) is 5.91 Å². The zero-order chi connectivity index (χ0) is 13.8. The number of rotatable bonds is 3. The van der Waals surface area contributed by atoms with E-state index in [-0.39, 0.29) is 17.5 Å². The van der Waals surface area contributed by atoms with Gasteiger partial charge < -0.3 is 5.32 Å². The monoisotopic (exact) mass is 259 g/mol. The van der Waals surface area contributed by atoms with E-state index in [0.717, 1.165) is 23.5 Å². The van der Waals surface area contributed by atoms with Gasteiger partial charge in [-0.2, -0.15) is 0 Å². The van der Waals surface area contributed by atoms with Gasteiger partial charge in [0, 0.05) is 12.4 Å². The molecule has 0 fully saturated rings. The van der Waals surface area contributed by atoms with Gasteiger partial charge >= 0.3 is 0 Å². The van der Waals surface area contributed by atoms with E-state index in [1.165, 1.54) is 6.20 Å². The molecule has 0 bridgehead atoms. The van der Waals surface area contributed by atoms with Crippen LogP contribution in [-0.4, -0.2) is 15.9 Å².